The lowest BCUT2D eigenvalue weighted by atomic mass is 10.1. The summed E-state index contributed by atoms with van der Waals surface area (Å²) in [5, 5.41) is 18.8. The van der Waals surface area contributed by atoms with Crippen molar-refractivity contribution in [3.8, 4) is 17.3 Å². The highest BCUT2D eigenvalue weighted by Crippen LogP contribution is 2.25. The summed E-state index contributed by atoms with van der Waals surface area (Å²) in [6.45, 7) is 0. The number of benzene rings is 1. The SMILES string of the molecule is N#Cc1ccc(-c2n[nH]nc2C(N)=O)cc1Cl. The van der Waals surface area contributed by atoms with Crippen LogP contribution in [-0.2, 0) is 0 Å². The second-order valence-corrected chi connectivity index (χ2v) is 3.60. The van der Waals surface area contributed by atoms with Crippen LogP contribution >= 0.6 is 11.6 Å². The molecule has 17 heavy (non-hydrogen) atoms. The Hall–Kier alpha value is -2.39. The van der Waals surface area contributed by atoms with Gasteiger partial charge in [0.25, 0.3) is 5.91 Å². The zero-order valence-corrected chi connectivity index (χ0v) is 9.19. The lowest BCUT2D eigenvalue weighted by Crippen LogP contribution is -2.12. The first-order valence-corrected chi connectivity index (χ1v) is 4.92. The van der Waals surface area contributed by atoms with Gasteiger partial charge in [-0.1, -0.05) is 17.7 Å². The molecule has 6 nitrogen and oxygen atoms in total. The first kappa shape index (κ1) is 11.1. The Kier molecular flexibility index (Phi) is 2.77. The minimum absolute atomic E-state index is 0.0331. The van der Waals surface area contributed by atoms with E-state index in [-0.39, 0.29) is 10.7 Å². The minimum atomic E-state index is -0.686. The molecule has 0 saturated carbocycles. The monoisotopic (exact) mass is 247 g/mol. The van der Waals surface area contributed by atoms with Gasteiger partial charge in [-0.25, -0.2) is 0 Å². The zero-order chi connectivity index (χ0) is 12.4. The van der Waals surface area contributed by atoms with Crippen LogP contribution in [0.2, 0.25) is 5.02 Å². The molecule has 84 valence electrons. The maximum Gasteiger partial charge on any atom is 0.271 e. The summed E-state index contributed by atoms with van der Waals surface area (Å²) in [6.07, 6.45) is 0. The largest absolute Gasteiger partial charge is 0.364 e. The molecule has 0 aliphatic heterocycles. The minimum Gasteiger partial charge on any atom is -0.364 e. The Morgan fingerprint density at radius 2 is 2.24 bits per heavy atom. The zero-order valence-electron chi connectivity index (χ0n) is 8.44. The number of primary amides is 1. The Morgan fingerprint density at radius 1 is 1.47 bits per heavy atom. The number of hydrogen-bond acceptors (Lipinski definition) is 4. The van der Waals surface area contributed by atoms with Gasteiger partial charge in [0.1, 0.15) is 11.8 Å². The van der Waals surface area contributed by atoms with Crippen LogP contribution in [0.3, 0.4) is 0 Å². The van der Waals surface area contributed by atoms with Crippen LogP contribution in [0.25, 0.3) is 11.3 Å². The van der Waals surface area contributed by atoms with Crippen molar-refractivity contribution in [1.82, 2.24) is 15.4 Å². The van der Waals surface area contributed by atoms with E-state index in [2.05, 4.69) is 15.4 Å². The molecular weight excluding hydrogens is 242 g/mol. The molecule has 1 heterocycles. The molecular formula is C10H6ClN5O. The van der Waals surface area contributed by atoms with Gasteiger partial charge in [-0.3, -0.25) is 4.79 Å². The van der Waals surface area contributed by atoms with Crippen LogP contribution in [0.4, 0.5) is 0 Å². The smallest absolute Gasteiger partial charge is 0.271 e. The number of rotatable bonds is 2. The van der Waals surface area contributed by atoms with Crippen LogP contribution in [0.15, 0.2) is 18.2 Å². The van der Waals surface area contributed by atoms with E-state index in [4.69, 9.17) is 22.6 Å². The highest BCUT2D eigenvalue weighted by Gasteiger charge is 2.15. The number of nitrogens with zero attached hydrogens (tertiary/aromatic N) is 3. The molecule has 0 aliphatic rings. The molecule has 0 aliphatic carbocycles. The highest BCUT2D eigenvalue weighted by molar-refractivity contribution is 6.32. The number of amides is 1. The molecule has 0 atom stereocenters. The molecule has 1 aromatic carbocycles. The molecule has 2 rings (SSSR count). The van der Waals surface area contributed by atoms with E-state index in [0.29, 0.717) is 16.8 Å². The number of H-pyrrole nitrogens is 1. The molecule has 1 amide bonds. The molecule has 0 fully saturated rings. The van der Waals surface area contributed by atoms with Crippen LogP contribution in [0.1, 0.15) is 16.1 Å². The molecule has 7 heteroatoms. The van der Waals surface area contributed by atoms with Gasteiger partial charge in [0.15, 0.2) is 5.69 Å². The number of carbonyl (C=O) groups is 1. The predicted octanol–water partition coefficient (Wildman–Crippen LogP) is 1.10. The fraction of sp³-hybridized carbons (Fsp3) is 0. The number of aromatic amines is 1. The third-order valence-corrected chi connectivity index (χ3v) is 2.46. The van der Waals surface area contributed by atoms with E-state index in [1.54, 1.807) is 6.07 Å². The number of halogens is 1. The summed E-state index contributed by atoms with van der Waals surface area (Å²) < 4.78 is 0. The summed E-state index contributed by atoms with van der Waals surface area (Å²) in [5.41, 5.74) is 6.40. The molecule has 0 saturated heterocycles. The predicted molar refractivity (Wildman–Crippen MR) is 60.1 cm³/mol. The maximum atomic E-state index is 11.1. The number of aromatic nitrogens is 3. The summed E-state index contributed by atoms with van der Waals surface area (Å²) in [5.74, 6) is -0.686. The molecule has 0 unspecified atom stereocenters. The van der Waals surface area contributed by atoms with Crippen LogP contribution in [0.5, 0.6) is 0 Å². The second-order valence-electron chi connectivity index (χ2n) is 3.19. The number of nitriles is 1. The van der Waals surface area contributed by atoms with E-state index in [9.17, 15) is 4.79 Å². The summed E-state index contributed by atoms with van der Waals surface area (Å²) in [6, 6.07) is 6.63. The van der Waals surface area contributed by atoms with Crippen molar-refractivity contribution in [3.63, 3.8) is 0 Å². The van der Waals surface area contributed by atoms with Gasteiger partial charge in [0.05, 0.1) is 10.6 Å². The van der Waals surface area contributed by atoms with Crippen molar-refractivity contribution in [2.24, 2.45) is 5.73 Å². The summed E-state index contributed by atoms with van der Waals surface area (Å²) >= 11 is 5.88. The van der Waals surface area contributed by atoms with Gasteiger partial charge < -0.3 is 5.73 Å². The van der Waals surface area contributed by atoms with Crippen LogP contribution in [-0.4, -0.2) is 21.3 Å². The Morgan fingerprint density at radius 3 is 2.82 bits per heavy atom. The van der Waals surface area contributed by atoms with E-state index in [0.717, 1.165) is 0 Å². The molecule has 0 bridgehead atoms. The quantitative estimate of drug-likeness (QED) is 0.828. The molecule has 1 aromatic heterocycles. The van der Waals surface area contributed by atoms with Gasteiger partial charge in [-0.05, 0) is 12.1 Å². The Bertz CT molecular complexity index is 628. The first-order chi connectivity index (χ1) is 8.13. The lowest BCUT2D eigenvalue weighted by Gasteiger charge is -2.00. The van der Waals surface area contributed by atoms with Gasteiger partial charge in [-0.2, -0.15) is 20.7 Å². The standard InChI is InChI=1S/C10H6ClN5O/c11-7-3-5(1-2-6(7)4-12)8-9(10(13)17)15-16-14-8/h1-3H,(H2,13,17)(H,14,15,16). The van der Waals surface area contributed by atoms with Crippen molar-refractivity contribution in [2.45, 2.75) is 0 Å². The fourth-order valence-electron chi connectivity index (χ4n) is 1.36. The van der Waals surface area contributed by atoms with Gasteiger partial charge in [-0.15, -0.1) is 0 Å². The molecule has 0 radical (unpaired) electrons. The molecule has 2 aromatic rings. The van der Waals surface area contributed by atoms with E-state index in [1.165, 1.54) is 12.1 Å². The fourth-order valence-corrected chi connectivity index (χ4v) is 1.58. The van der Waals surface area contributed by atoms with Gasteiger partial charge in [0, 0.05) is 5.56 Å². The van der Waals surface area contributed by atoms with Crippen molar-refractivity contribution in [2.75, 3.05) is 0 Å². The number of carbonyl (C=O) groups excluding carboxylic acids is 1. The van der Waals surface area contributed by atoms with Gasteiger partial charge in [0.2, 0.25) is 0 Å². The second kappa shape index (κ2) is 4.23. The van der Waals surface area contributed by atoms with Crippen molar-refractivity contribution in [3.05, 3.63) is 34.5 Å². The summed E-state index contributed by atoms with van der Waals surface area (Å²) in [4.78, 5) is 11.1. The van der Waals surface area contributed by atoms with Crippen molar-refractivity contribution in [1.29, 1.82) is 5.26 Å². The number of hydrogen-bond donors (Lipinski definition) is 2. The first-order valence-electron chi connectivity index (χ1n) is 4.54. The van der Waals surface area contributed by atoms with Gasteiger partial charge >= 0.3 is 0 Å². The van der Waals surface area contributed by atoms with E-state index < -0.39 is 5.91 Å². The maximum absolute atomic E-state index is 11.1. The summed E-state index contributed by atoms with van der Waals surface area (Å²) in [7, 11) is 0. The number of nitrogens with one attached hydrogen (secondary N) is 1. The Labute approximate surface area is 101 Å². The van der Waals surface area contributed by atoms with Crippen LogP contribution in [0, 0.1) is 11.3 Å². The third-order valence-electron chi connectivity index (χ3n) is 2.14. The van der Waals surface area contributed by atoms with Crippen LogP contribution < -0.4 is 5.73 Å². The Balaban J connectivity index is 2.55. The molecule has 0 spiro atoms. The normalized spacial score (nSPS) is 9.88. The molecule has 3 N–H and O–H groups in total. The van der Waals surface area contributed by atoms with E-state index in [1.807, 2.05) is 6.07 Å². The lowest BCUT2D eigenvalue weighted by molar-refractivity contribution is 0.0996. The van der Waals surface area contributed by atoms with Crippen molar-refractivity contribution < 1.29 is 4.79 Å². The highest BCUT2D eigenvalue weighted by atomic mass is 35.5. The van der Waals surface area contributed by atoms with E-state index >= 15 is 0 Å². The topological polar surface area (TPSA) is 108 Å². The average Bonchev–Trinajstić information content (AvgIpc) is 2.77. The average molecular weight is 248 g/mol. The third kappa shape index (κ3) is 1.96. The number of nitrogens with two attached hydrogens (primary N) is 1. The van der Waals surface area contributed by atoms with Crippen molar-refractivity contribution >= 4 is 17.5 Å².